The van der Waals surface area contributed by atoms with E-state index in [0.717, 1.165) is 51.5 Å². The van der Waals surface area contributed by atoms with Crippen molar-refractivity contribution >= 4 is 16.8 Å². The van der Waals surface area contributed by atoms with Crippen molar-refractivity contribution in [3.8, 4) is 0 Å². The average Bonchev–Trinajstić information content (AvgIpc) is 3.52. The number of benzene rings is 1. The predicted molar refractivity (Wildman–Crippen MR) is 138 cm³/mol. The quantitative estimate of drug-likeness (QED) is 0.241. The lowest BCUT2D eigenvalue weighted by molar-refractivity contribution is 0.0904. The molecule has 0 aliphatic carbocycles. The van der Waals surface area contributed by atoms with Crippen LogP contribution in [-0.2, 0) is 0 Å². The van der Waals surface area contributed by atoms with Gasteiger partial charge < -0.3 is 5.32 Å². The summed E-state index contributed by atoms with van der Waals surface area (Å²) in [7, 11) is 0. The van der Waals surface area contributed by atoms with Gasteiger partial charge in [0.05, 0.1) is 12.4 Å². The topological polar surface area (TPSA) is 34.0 Å². The molecule has 2 aromatic rings. The number of carbonyl (C=O) groups is 1. The molecule has 1 fully saturated rings. The lowest BCUT2D eigenvalue weighted by Gasteiger charge is -2.06. The molecule has 1 aromatic carbocycles. The molecular weight excluding hydrogens is 392 g/mol. The van der Waals surface area contributed by atoms with Crippen molar-refractivity contribution in [2.75, 3.05) is 13.1 Å². The molecule has 0 saturated carbocycles. The molecule has 3 heteroatoms. The number of carbonyl (C=O) groups excluding carboxylic acids is 1. The number of aromatic nitrogens is 1. The Bertz CT molecular complexity index is 1120. The van der Waals surface area contributed by atoms with Crippen LogP contribution in [0.1, 0.15) is 107 Å². The van der Waals surface area contributed by atoms with Crippen molar-refractivity contribution in [1.82, 2.24) is 9.88 Å². The van der Waals surface area contributed by atoms with Crippen LogP contribution in [0.25, 0.3) is 10.9 Å². The second-order valence-electron chi connectivity index (χ2n) is 8.83. The molecule has 0 bridgehead atoms. The summed E-state index contributed by atoms with van der Waals surface area (Å²) < 4.78 is 43.2. The number of fused-ring (bicyclic) bond motifs is 1. The number of nitrogens with zero attached hydrogens (tertiary/aromatic N) is 1. The van der Waals surface area contributed by atoms with Gasteiger partial charge in [-0.05, 0) is 62.6 Å². The summed E-state index contributed by atoms with van der Waals surface area (Å²) in [5.74, 6) is -0.292. The molecule has 0 spiro atoms. The fourth-order valence-electron chi connectivity index (χ4n) is 4.33. The van der Waals surface area contributed by atoms with Crippen LogP contribution in [-0.4, -0.2) is 23.6 Å². The van der Waals surface area contributed by atoms with Gasteiger partial charge in [-0.15, -0.1) is 0 Å². The van der Waals surface area contributed by atoms with E-state index in [1.165, 1.54) is 23.8 Å². The summed E-state index contributed by atoms with van der Waals surface area (Å²) >= 11 is 0. The molecule has 0 radical (unpaired) electrons. The number of rotatable bonds is 14. The highest BCUT2D eigenvalue weighted by Gasteiger charge is 2.22. The van der Waals surface area contributed by atoms with Gasteiger partial charge >= 0.3 is 0 Å². The van der Waals surface area contributed by atoms with Crippen molar-refractivity contribution in [1.29, 1.82) is 0 Å². The molecule has 3 nitrogen and oxygen atoms in total. The first-order valence-corrected chi connectivity index (χ1v) is 12.6. The maximum absolute atomic E-state index is 13.2. The molecule has 32 heavy (non-hydrogen) atoms. The van der Waals surface area contributed by atoms with Crippen molar-refractivity contribution in [2.45, 2.75) is 89.9 Å². The minimum Gasteiger partial charge on any atom is -0.316 e. The summed E-state index contributed by atoms with van der Waals surface area (Å²) in [6, 6.07) is -1.06. The van der Waals surface area contributed by atoms with E-state index in [4.69, 9.17) is 6.85 Å². The van der Waals surface area contributed by atoms with Gasteiger partial charge in [-0.2, -0.15) is 0 Å². The van der Waals surface area contributed by atoms with E-state index >= 15 is 0 Å². The van der Waals surface area contributed by atoms with Crippen LogP contribution in [0.4, 0.5) is 0 Å². The maximum atomic E-state index is 13.2. The van der Waals surface area contributed by atoms with Gasteiger partial charge in [0.15, 0.2) is 0 Å². The van der Waals surface area contributed by atoms with Crippen LogP contribution in [0.3, 0.4) is 0 Å². The Balaban J connectivity index is 1.55. The molecule has 1 aromatic heterocycles. The molecule has 1 atom stereocenters. The predicted octanol–water partition coefficient (Wildman–Crippen LogP) is 7.78. The smallest absolute Gasteiger partial charge is 0.231 e. The lowest BCUT2D eigenvalue weighted by atomic mass is 9.98. The van der Waals surface area contributed by atoms with Crippen LogP contribution in [0.15, 0.2) is 54.6 Å². The molecule has 1 unspecified atom stereocenters. The Morgan fingerprint density at radius 3 is 2.53 bits per heavy atom. The lowest BCUT2D eigenvalue weighted by Crippen LogP contribution is -2.09. The van der Waals surface area contributed by atoms with Crippen molar-refractivity contribution in [3.05, 3.63) is 60.2 Å². The molecule has 0 amide bonds. The highest BCUT2D eigenvalue weighted by molar-refractivity contribution is 5.94. The number of hydrogen-bond donors (Lipinski definition) is 1. The third-order valence-electron chi connectivity index (χ3n) is 6.23. The zero-order valence-corrected chi connectivity index (χ0v) is 19.6. The molecule has 1 aliphatic rings. The standard InChI is InChI=1S/C29H42N2O/c1-2-3-4-5-6-7-8-9-10-11-12-13-14-15-20-29(32)31-24-27(25-21-22-30-23-25)26-18-16-17-19-28(26)31/h6-9,16-19,24-25,30H,2-5,10-15,20-23H2,1H3/b7-6-,9-8-/i16D,17D,18D,19D,24D. The van der Waals surface area contributed by atoms with E-state index in [1.54, 1.807) is 0 Å². The van der Waals surface area contributed by atoms with Crippen LogP contribution in [0, 0.1) is 0 Å². The minimum absolute atomic E-state index is 0.0203. The second-order valence-corrected chi connectivity index (χ2v) is 8.83. The van der Waals surface area contributed by atoms with Gasteiger partial charge in [-0.1, -0.05) is 81.5 Å². The summed E-state index contributed by atoms with van der Waals surface area (Å²) in [4.78, 5) is 13.2. The molecule has 1 saturated heterocycles. The highest BCUT2D eigenvalue weighted by Crippen LogP contribution is 2.31. The summed E-state index contributed by atoms with van der Waals surface area (Å²) in [6.07, 6.45) is 20.7. The summed E-state index contributed by atoms with van der Waals surface area (Å²) in [6.45, 7) is 3.66. The van der Waals surface area contributed by atoms with Gasteiger partial charge in [-0.25, -0.2) is 0 Å². The molecular formula is C29H42N2O. The Hall–Kier alpha value is -2.13. The van der Waals surface area contributed by atoms with Gasteiger partial charge in [0, 0.05) is 24.5 Å². The number of unbranched alkanes of at least 4 members (excludes halogenated alkanes) is 8. The monoisotopic (exact) mass is 439 g/mol. The normalized spacial score (nSPS) is 18.9. The van der Waals surface area contributed by atoms with Crippen LogP contribution in [0.5, 0.6) is 0 Å². The van der Waals surface area contributed by atoms with Crippen LogP contribution in [0.2, 0.25) is 0 Å². The first-order chi connectivity index (χ1) is 17.9. The molecule has 3 rings (SSSR count). The van der Waals surface area contributed by atoms with Crippen LogP contribution < -0.4 is 5.32 Å². The number of para-hydroxylation sites is 1. The number of allylic oxidation sites excluding steroid dienone is 4. The highest BCUT2D eigenvalue weighted by atomic mass is 16.2. The van der Waals surface area contributed by atoms with Gasteiger partial charge in [0.1, 0.15) is 0 Å². The van der Waals surface area contributed by atoms with E-state index in [2.05, 4.69) is 36.5 Å². The molecule has 1 aliphatic heterocycles. The number of hydrogen-bond acceptors (Lipinski definition) is 2. The van der Waals surface area contributed by atoms with E-state index in [0.29, 0.717) is 23.9 Å². The Morgan fingerprint density at radius 1 is 1.06 bits per heavy atom. The largest absolute Gasteiger partial charge is 0.316 e. The first kappa shape index (κ1) is 18.3. The van der Waals surface area contributed by atoms with Crippen molar-refractivity contribution in [3.63, 3.8) is 0 Å². The summed E-state index contributed by atoms with van der Waals surface area (Å²) in [5.41, 5.74) is 0.735. The maximum Gasteiger partial charge on any atom is 0.231 e. The molecule has 174 valence electrons. The zero-order valence-electron chi connectivity index (χ0n) is 24.6. The Morgan fingerprint density at radius 2 is 1.78 bits per heavy atom. The number of nitrogens with one attached hydrogen (secondary N) is 1. The van der Waals surface area contributed by atoms with Crippen molar-refractivity contribution < 1.29 is 11.6 Å². The van der Waals surface area contributed by atoms with Crippen LogP contribution >= 0.6 is 0 Å². The summed E-state index contributed by atoms with van der Waals surface area (Å²) in [5, 5.41) is 3.60. The van der Waals surface area contributed by atoms with E-state index in [1.807, 2.05) is 0 Å². The first-order valence-electron chi connectivity index (χ1n) is 15.1. The fraction of sp³-hybridized carbons (Fsp3) is 0.552. The zero-order chi connectivity index (χ0) is 26.8. The van der Waals surface area contributed by atoms with Gasteiger partial charge in [-0.3, -0.25) is 9.36 Å². The van der Waals surface area contributed by atoms with E-state index in [9.17, 15) is 4.79 Å². The van der Waals surface area contributed by atoms with E-state index in [-0.39, 0.29) is 54.1 Å². The SMILES string of the molecule is [2H]c1c([2H])c([2H])c2c(c1[2H])c(C1CCNC1)c([2H])n2C(=O)CCCCCCC/C=C\C=C/CCCCC. The third-order valence-corrected chi connectivity index (χ3v) is 6.23. The van der Waals surface area contributed by atoms with Crippen molar-refractivity contribution in [2.24, 2.45) is 0 Å². The Labute approximate surface area is 202 Å². The van der Waals surface area contributed by atoms with Gasteiger partial charge in [0.25, 0.3) is 0 Å². The fourth-order valence-corrected chi connectivity index (χ4v) is 4.33. The van der Waals surface area contributed by atoms with Gasteiger partial charge in [0.2, 0.25) is 5.91 Å². The molecule has 1 N–H and O–H groups in total. The average molecular weight is 440 g/mol. The Kier molecular flexibility index (Phi) is 8.07. The second kappa shape index (κ2) is 14.1. The minimum atomic E-state index is -0.360. The third kappa shape index (κ3) is 7.48. The molecule has 2 heterocycles. The van der Waals surface area contributed by atoms with E-state index < -0.39 is 0 Å².